The highest BCUT2D eigenvalue weighted by molar-refractivity contribution is 5.97. The number of carbonyl (C=O) groups is 1. The average Bonchev–Trinajstić information content (AvgIpc) is 3.12. The quantitative estimate of drug-likeness (QED) is 0.694. The van der Waals surface area contributed by atoms with Crippen LogP contribution in [-0.4, -0.2) is 25.1 Å². The molecule has 0 aliphatic heterocycles. The van der Waals surface area contributed by atoms with E-state index in [2.05, 4.69) is 14.6 Å². The van der Waals surface area contributed by atoms with E-state index in [-0.39, 0.29) is 18.2 Å². The predicted molar refractivity (Wildman–Crippen MR) is 84.3 cm³/mol. The number of hydrogen-bond donors (Lipinski definition) is 0. The van der Waals surface area contributed by atoms with Crippen LogP contribution in [-0.2, 0) is 6.54 Å². The van der Waals surface area contributed by atoms with Crippen LogP contribution in [0.25, 0.3) is 5.69 Å². The summed E-state index contributed by atoms with van der Waals surface area (Å²) >= 11 is 0. The van der Waals surface area contributed by atoms with Gasteiger partial charge in [0.25, 0.3) is 5.82 Å². The number of para-hydroxylation sites is 1. The van der Waals surface area contributed by atoms with Gasteiger partial charge in [-0.15, -0.1) is 5.10 Å². The van der Waals surface area contributed by atoms with Crippen LogP contribution in [0.15, 0.2) is 42.7 Å². The van der Waals surface area contributed by atoms with Gasteiger partial charge < -0.3 is 4.57 Å². The SMILES string of the molecule is Cc1cc(C(=O)Cn2cnc(C#N)n2)c(C)n1-c1ccccc1. The van der Waals surface area contributed by atoms with Crippen LogP contribution >= 0.6 is 0 Å². The van der Waals surface area contributed by atoms with Gasteiger partial charge in [0.15, 0.2) is 5.78 Å². The maximum atomic E-state index is 12.5. The second-order valence-corrected chi connectivity index (χ2v) is 5.26. The molecule has 6 heteroatoms. The highest BCUT2D eigenvalue weighted by Crippen LogP contribution is 2.21. The summed E-state index contributed by atoms with van der Waals surface area (Å²) in [7, 11) is 0. The van der Waals surface area contributed by atoms with Gasteiger partial charge >= 0.3 is 0 Å². The Hall–Kier alpha value is -3.20. The van der Waals surface area contributed by atoms with Crippen LogP contribution in [0.5, 0.6) is 0 Å². The smallest absolute Gasteiger partial charge is 0.252 e. The minimum atomic E-state index is -0.0605. The molecule has 0 aliphatic carbocycles. The number of aryl methyl sites for hydroxylation is 1. The molecular weight excluding hydrogens is 290 g/mol. The number of Topliss-reactive ketones (excluding diaryl/α,β-unsaturated/α-hetero) is 1. The van der Waals surface area contributed by atoms with Gasteiger partial charge in [-0.1, -0.05) is 18.2 Å². The summed E-state index contributed by atoms with van der Waals surface area (Å²) < 4.78 is 3.44. The third kappa shape index (κ3) is 2.77. The standard InChI is InChI=1S/C17H15N5O/c1-12-8-15(13(2)22(12)14-6-4-3-5-7-14)16(23)10-21-11-19-17(9-18)20-21/h3-8,11H,10H2,1-2H3. The minimum absolute atomic E-state index is 0.0605. The highest BCUT2D eigenvalue weighted by atomic mass is 16.1. The van der Waals surface area contributed by atoms with Crippen LogP contribution in [0.1, 0.15) is 27.6 Å². The summed E-state index contributed by atoms with van der Waals surface area (Å²) in [6.45, 7) is 3.96. The first-order chi connectivity index (χ1) is 11.1. The molecule has 0 radical (unpaired) electrons. The number of aromatic nitrogens is 4. The van der Waals surface area contributed by atoms with Gasteiger partial charge in [0, 0.05) is 22.6 Å². The Bertz CT molecular complexity index is 899. The van der Waals surface area contributed by atoms with Crippen molar-refractivity contribution in [2.45, 2.75) is 20.4 Å². The second-order valence-electron chi connectivity index (χ2n) is 5.26. The van der Waals surface area contributed by atoms with Crippen molar-refractivity contribution in [1.29, 1.82) is 5.26 Å². The number of ketones is 1. The zero-order valence-corrected chi connectivity index (χ0v) is 12.9. The van der Waals surface area contributed by atoms with Crippen molar-refractivity contribution in [3.63, 3.8) is 0 Å². The molecule has 2 heterocycles. The fraction of sp³-hybridized carbons (Fsp3) is 0.176. The van der Waals surface area contributed by atoms with Gasteiger partial charge in [-0.2, -0.15) is 5.26 Å². The number of carbonyl (C=O) groups excluding carboxylic acids is 1. The Morgan fingerprint density at radius 2 is 2.00 bits per heavy atom. The average molecular weight is 305 g/mol. The first-order valence-corrected chi connectivity index (χ1v) is 7.17. The molecule has 1 aromatic carbocycles. The molecular formula is C17H15N5O. The normalized spacial score (nSPS) is 10.5. The van der Waals surface area contributed by atoms with Crippen molar-refractivity contribution in [3.8, 4) is 11.8 Å². The van der Waals surface area contributed by atoms with E-state index in [1.165, 1.54) is 11.0 Å². The van der Waals surface area contributed by atoms with Crippen LogP contribution in [0.2, 0.25) is 0 Å². The van der Waals surface area contributed by atoms with E-state index in [9.17, 15) is 4.79 Å². The van der Waals surface area contributed by atoms with Crippen molar-refractivity contribution in [2.75, 3.05) is 0 Å². The van der Waals surface area contributed by atoms with Crippen LogP contribution in [0.4, 0.5) is 0 Å². The van der Waals surface area contributed by atoms with E-state index < -0.39 is 0 Å². The van der Waals surface area contributed by atoms with E-state index in [1.54, 1.807) is 0 Å². The molecule has 6 nitrogen and oxygen atoms in total. The molecule has 23 heavy (non-hydrogen) atoms. The Kier molecular flexibility index (Phi) is 3.77. The van der Waals surface area contributed by atoms with Gasteiger partial charge in [-0.05, 0) is 32.0 Å². The topological polar surface area (TPSA) is 76.5 Å². The van der Waals surface area contributed by atoms with Crippen LogP contribution in [0.3, 0.4) is 0 Å². The third-order valence-corrected chi connectivity index (χ3v) is 3.69. The van der Waals surface area contributed by atoms with Crippen molar-refractivity contribution < 1.29 is 4.79 Å². The van der Waals surface area contributed by atoms with Gasteiger partial charge in [0.1, 0.15) is 18.9 Å². The monoisotopic (exact) mass is 305 g/mol. The molecule has 0 aliphatic rings. The van der Waals surface area contributed by atoms with Gasteiger partial charge in [-0.25, -0.2) is 9.67 Å². The van der Waals surface area contributed by atoms with E-state index in [0.29, 0.717) is 5.56 Å². The van der Waals surface area contributed by atoms with Crippen molar-refractivity contribution in [3.05, 3.63) is 65.5 Å². The lowest BCUT2D eigenvalue weighted by Gasteiger charge is -2.09. The first-order valence-electron chi connectivity index (χ1n) is 7.17. The summed E-state index contributed by atoms with van der Waals surface area (Å²) in [6.07, 6.45) is 1.40. The third-order valence-electron chi connectivity index (χ3n) is 3.69. The largest absolute Gasteiger partial charge is 0.318 e. The highest BCUT2D eigenvalue weighted by Gasteiger charge is 2.17. The van der Waals surface area contributed by atoms with Crippen molar-refractivity contribution in [1.82, 2.24) is 19.3 Å². The van der Waals surface area contributed by atoms with Crippen LogP contribution in [0, 0.1) is 25.2 Å². The summed E-state index contributed by atoms with van der Waals surface area (Å²) in [5.41, 5.74) is 3.56. The summed E-state index contributed by atoms with van der Waals surface area (Å²) in [5, 5.41) is 12.7. The molecule has 3 rings (SSSR count). The molecule has 2 aromatic heterocycles. The van der Waals surface area contributed by atoms with Crippen molar-refractivity contribution in [2.24, 2.45) is 0 Å². The van der Waals surface area contributed by atoms with Gasteiger partial charge in [-0.3, -0.25) is 4.79 Å². The van der Waals surface area contributed by atoms with Crippen LogP contribution < -0.4 is 0 Å². The fourth-order valence-electron chi connectivity index (χ4n) is 2.67. The Morgan fingerprint density at radius 1 is 1.26 bits per heavy atom. The Balaban J connectivity index is 1.92. The molecule has 0 N–H and O–H groups in total. The first kappa shape index (κ1) is 14.7. The summed E-state index contributed by atoms with van der Waals surface area (Å²) in [4.78, 5) is 16.4. The van der Waals surface area contributed by atoms with E-state index in [0.717, 1.165) is 17.1 Å². The zero-order chi connectivity index (χ0) is 16.4. The van der Waals surface area contributed by atoms with E-state index in [1.807, 2.05) is 56.3 Å². The Labute approximate surface area is 133 Å². The molecule has 114 valence electrons. The fourth-order valence-corrected chi connectivity index (χ4v) is 2.67. The minimum Gasteiger partial charge on any atom is -0.318 e. The van der Waals surface area contributed by atoms with Gasteiger partial charge in [0.2, 0.25) is 0 Å². The van der Waals surface area contributed by atoms with E-state index in [4.69, 9.17) is 5.26 Å². The molecule has 0 spiro atoms. The summed E-state index contributed by atoms with van der Waals surface area (Å²) in [5.74, 6) is 0.00206. The maximum absolute atomic E-state index is 12.5. The molecule has 0 saturated carbocycles. The second kappa shape index (κ2) is 5.89. The molecule has 0 atom stereocenters. The van der Waals surface area contributed by atoms with Crippen molar-refractivity contribution >= 4 is 5.78 Å². The van der Waals surface area contributed by atoms with E-state index >= 15 is 0 Å². The maximum Gasteiger partial charge on any atom is 0.252 e. The number of rotatable bonds is 4. The Morgan fingerprint density at radius 3 is 2.65 bits per heavy atom. The lowest BCUT2D eigenvalue weighted by molar-refractivity contribution is 0.0967. The molecule has 0 bridgehead atoms. The lowest BCUT2D eigenvalue weighted by Crippen LogP contribution is -2.12. The number of nitrogens with zero attached hydrogens (tertiary/aromatic N) is 5. The zero-order valence-electron chi connectivity index (χ0n) is 12.9. The predicted octanol–water partition coefficient (Wildman–Crippen LogP) is 2.44. The molecule has 0 amide bonds. The molecule has 0 unspecified atom stereocenters. The molecule has 0 saturated heterocycles. The number of nitriles is 1. The molecule has 3 aromatic rings. The lowest BCUT2D eigenvalue weighted by atomic mass is 10.1. The van der Waals surface area contributed by atoms with Gasteiger partial charge in [0.05, 0.1) is 0 Å². The summed E-state index contributed by atoms with van der Waals surface area (Å²) in [6, 6.07) is 13.6. The molecule has 0 fully saturated rings. The number of hydrogen-bond acceptors (Lipinski definition) is 4. The number of benzene rings is 1.